The van der Waals surface area contributed by atoms with E-state index in [1.165, 1.54) is 6.07 Å². The van der Waals surface area contributed by atoms with Crippen molar-refractivity contribution in [2.75, 3.05) is 5.32 Å². The minimum atomic E-state index is -0.416. The molecule has 0 heterocycles. The summed E-state index contributed by atoms with van der Waals surface area (Å²) < 4.78 is 0.553. The van der Waals surface area contributed by atoms with Crippen molar-refractivity contribution in [3.8, 4) is 0 Å². The van der Waals surface area contributed by atoms with Crippen LogP contribution in [0.25, 0.3) is 0 Å². The normalized spacial score (nSPS) is 10.3. The molecule has 2 rings (SSSR count). The van der Waals surface area contributed by atoms with Crippen molar-refractivity contribution in [3.63, 3.8) is 0 Å². The van der Waals surface area contributed by atoms with Gasteiger partial charge in [-0.2, -0.15) is 0 Å². The van der Waals surface area contributed by atoms with E-state index in [1.54, 1.807) is 30.3 Å². The number of nitrogens with one attached hydrogen (secondary N) is 1. The Morgan fingerprint density at radius 3 is 2.47 bits per heavy atom. The van der Waals surface area contributed by atoms with E-state index in [9.17, 15) is 10.1 Å². The van der Waals surface area contributed by atoms with Gasteiger partial charge in [0.2, 0.25) is 0 Å². The van der Waals surface area contributed by atoms with Crippen LogP contribution in [0.3, 0.4) is 0 Å². The second-order valence-corrected chi connectivity index (χ2v) is 5.68. The van der Waals surface area contributed by atoms with Crippen LogP contribution in [0.4, 0.5) is 17.1 Å². The topological polar surface area (TPSA) is 55.2 Å². The number of hydrogen-bond acceptors (Lipinski definition) is 3. The van der Waals surface area contributed by atoms with E-state index in [4.69, 9.17) is 23.2 Å². The summed E-state index contributed by atoms with van der Waals surface area (Å²) in [6, 6.07) is 9.86. The highest BCUT2D eigenvalue weighted by atomic mass is 127. The molecule has 0 unspecified atom stereocenters. The van der Waals surface area contributed by atoms with Gasteiger partial charge in [0.1, 0.15) is 0 Å². The van der Waals surface area contributed by atoms with Gasteiger partial charge in [0.25, 0.3) is 5.69 Å². The van der Waals surface area contributed by atoms with Crippen molar-refractivity contribution in [2.45, 2.75) is 0 Å². The standard InChI is InChI=1S/C12H7Cl2IN2O2/c13-7-1-3-11(9(14)5-7)16-8-2-4-12(17(18)19)10(15)6-8/h1-6,16H. The first-order valence-electron chi connectivity index (χ1n) is 5.13. The first kappa shape index (κ1) is 14.4. The van der Waals surface area contributed by atoms with Gasteiger partial charge in [0.05, 0.1) is 19.2 Å². The fourth-order valence-electron chi connectivity index (χ4n) is 1.48. The van der Waals surface area contributed by atoms with E-state index in [0.29, 0.717) is 19.3 Å². The highest BCUT2D eigenvalue weighted by Crippen LogP contribution is 2.30. The monoisotopic (exact) mass is 408 g/mol. The average molecular weight is 409 g/mol. The predicted octanol–water partition coefficient (Wildman–Crippen LogP) is 5.25. The summed E-state index contributed by atoms with van der Waals surface area (Å²) in [6.45, 7) is 0. The smallest absolute Gasteiger partial charge is 0.282 e. The molecule has 2 aromatic rings. The summed E-state index contributed by atoms with van der Waals surface area (Å²) in [5, 5.41) is 14.9. The molecule has 0 aliphatic carbocycles. The Morgan fingerprint density at radius 2 is 1.89 bits per heavy atom. The number of hydrogen-bond donors (Lipinski definition) is 1. The van der Waals surface area contributed by atoms with Crippen molar-refractivity contribution in [2.24, 2.45) is 0 Å². The van der Waals surface area contributed by atoms with Crippen LogP contribution in [0.1, 0.15) is 0 Å². The Kier molecular flexibility index (Phi) is 4.49. The minimum Gasteiger partial charge on any atom is -0.354 e. The molecule has 0 aliphatic heterocycles. The second-order valence-electron chi connectivity index (χ2n) is 3.67. The maximum Gasteiger partial charge on any atom is 0.282 e. The number of anilines is 2. The van der Waals surface area contributed by atoms with Gasteiger partial charge in [-0.1, -0.05) is 23.2 Å². The van der Waals surface area contributed by atoms with Crippen LogP contribution >= 0.6 is 45.8 Å². The number of halogens is 3. The van der Waals surface area contributed by atoms with Crippen LogP contribution < -0.4 is 5.32 Å². The van der Waals surface area contributed by atoms with Crippen molar-refractivity contribution < 1.29 is 4.92 Å². The Balaban J connectivity index is 2.29. The van der Waals surface area contributed by atoms with E-state index in [2.05, 4.69) is 5.32 Å². The highest BCUT2D eigenvalue weighted by Gasteiger charge is 2.12. The van der Waals surface area contributed by atoms with Crippen LogP contribution in [0.5, 0.6) is 0 Å². The van der Waals surface area contributed by atoms with Crippen LogP contribution in [0, 0.1) is 13.7 Å². The number of nitro groups is 1. The van der Waals surface area contributed by atoms with E-state index in [-0.39, 0.29) is 5.69 Å². The van der Waals surface area contributed by atoms with Crippen molar-refractivity contribution in [3.05, 3.63) is 60.1 Å². The molecular formula is C12H7Cl2IN2O2. The predicted molar refractivity (Wildman–Crippen MR) is 85.6 cm³/mol. The van der Waals surface area contributed by atoms with Gasteiger partial charge >= 0.3 is 0 Å². The van der Waals surface area contributed by atoms with Crippen LogP contribution in [-0.4, -0.2) is 4.92 Å². The number of nitro benzene ring substituents is 1. The molecule has 19 heavy (non-hydrogen) atoms. The van der Waals surface area contributed by atoms with Gasteiger partial charge in [0.15, 0.2) is 0 Å². The summed E-state index contributed by atoms with van der Waals surface area (Å²) in [5.74, 6) is 0. The lowest BCUT2D eigenvalue weighted by Crippen LogP contribution is -1.95. The zero-order valence-electron chi connectivity index (χ0n) is 9.36. The first-order valence-corrected chi connectivity index (χ1v) is 6.97. The molecule has 0 aromatic heterocycles. The molecule has 0 amide bonds. The van der Waals surface area contributed by atoms with E-state index < -0.39 is 4.92 Å². The highest BCUT2D eigenvalue weighted by molar-refractivity contribution is 14.1. The van der Waals surface area contributed by atoms with Crippen molar-refractivity contribution in [1.29, 1.82) is 0 Å². The lowest BCUT2D eigenvalue weighted by molar-refractivity contribution is -0.385. The maximum absolute atomic E-state index is 10.7. The molecule has 0 fully saturated rings. The summed E-state index contributed by atoms with van der Waals surface area (Å²) >= 11 is 13.8. The molecule has 1 N–H and O–H groups in total. The summed E-state index contributed by atoms with van der Waals surface area (Å²) in [5.41, 5.74) is 1.49. The van der Waals surface area contributed by atoms with Crippen molar-refractivity contribution >= 4 is 62.9 Å². The number of nitrogens with zero attached hydrogens (tertiary/aromatic N) is 1. The maximum atomic E-state index is 10.7. The molecule has 2 aromatic carbocycles. The summed E-state index contributed by atoms with van der Waals surface area (Å²) in [4.78, 5) is 10.3. The van der Waals surface area contributed by atoms with Crippen LogP contribution in [-0.2, 0) is 0 Å². The van der Waals surface area contributed by atoms with Crippen molar-refractivity contribution in [1.82, 2.24) is 0 Å². The Bertz CT molecular complexity index is 650. The quantitative estimate of drug-likeness (QED) is 0.428. The molecule has 7 heteroatoms. The second kappa shape index (κ2) is 5.94. The first-order chi connectivity index (χ1) is 8.97. The molecule has 98 valence electrons. The molecule has 0 aliphatic rings. The average Bonchev–Trinajstić information content (AvgIpc) is 2.32. The molecule has 0 spiro atoms. The van der Waals surface area contributed by atoms with Gasteiger partial charge < -0.3 is 5.32 Å². The molecule has 0 saturated heterocycles. The van der Waals surface area contributed by atoms with Gasteiger partial charge in [-0.25, -0.2) is 0 Å². The molecular weight excluding hydrogens is 402 g/mol. The van der Waals surface area contributed by atoms with Gasteiger partial charge in [-0.3, -0.25) is 10.1 Å². The molecule has 0 bridgehead atoms. The third kappa shape index (κ3) is 3.49. The lowest BCUT2D eigenvalue weighted by Gasteiger charge is -2.09. The fourth-order valence-corrected chi connectivity index (χ4v) is 2.65. The largest absolute Gasteiger partial charge is 0.354 e. The molecule has 0 atom stereocenters. The zero-order valence-corrected chi connectivity index (χ0v) is 13.0. The summed E-state index contributed by atoms with van der Waals surface area (Å²) in [6.07, 6.45) is 0. The SMILES string of the molecule is O=[N+]([O-])c1ccc(Nc2ccc(Cl)cc2Cl)cc1I. The third-order valence-electron chi connectivity index (χ3n) is 2.35. The Labute approximate surface area is 133 Å². The lowest BCUT2D eigenvalue weighted by atomic mass is 10.2. The zero-order chi connectivity index (χ0) is 14.0. The van der Waals surface area contributed by atoms with Crippen LogP contribution in [0.2, 0.25) is 10.0 Å². The molecule has 0 radical (unpaired) electrons. The van der Waals surface area contributed by atoms with Gasteiger partial charge in [-0.15, -0.1) is 0 Å². The molecule has 0 saturated carbocycles. The van der Waals surface area contributed by atoms with Gasteiger partial charge in [0, 0.05) is 16.8 Å². The third-order valence-corrected chi connectivity index (χ3v) is 3.77. The van der Waals surface area contributed by atoms with Crippen LogP contribution in [0.15, 0.2) is 36.4 Å². The Morgan fingerprint density at radius 1 is 1.16 bits per heavy atom. The molecule has 4 nitrogen and oxygen atoms in total. The summed E-state index contributed by atoms with van der Waals surface area (Å²) in [7, 11) is 0. The van der Waals surface area contributed by atoms with E-state index in [0.717, 1.165) is 5.69 Å². The number of benzene rings is 2. The fraction of sp³-hybridized carbons (Fsp3) is 0. The Hall–Kier alpha value is -1.05. The van der Waals surface area contributed by atoms with E-state index >= 15 is 0 Å². The van der Waals surface area contributed by atoms with Gasteiger partial charge in [-0.05, 0) is 52.9 Å². The van der Waals surface area contributed by atoms with E-state index in [1.807, 2.05) is 22.6 Å². The minimum absolute atomic E-state index is 0.0772. The number of rotatable bonds is 3.